The van der Waals surface area contributed by atoms with E-state index in [1.807, 2.05) is 0 Å². The van der Waals surface area contributed by atoms with Crippen molar-refractivity contribution in [1.82, 2.24) is 9.55 Å². The van der Waals surface area contributed by atoms with E-state index in [1.54, 1.807) is 11.3 Å². The van der Waals surface area contributed by atoms with E-state index >= 15 is 0 Å². The molecule has 0 saturated carbocycles. The minimum absolute atomic E-state index is 0.641. The molecule has 0 bridgehead atoms. The van der Waals surface area contributed by atoms with Crippen LogP contribution in [0.3, 0.4) is 0 Å². The lowest BCUT2D eigenvalue weighted by Gasteiger charge is -2.10. The summed E-state index contributed by atoms with van der Waals surface area (Å²) in [7, 11) is 0. The Hall–Kier alpha value is -6.49. The Labute approximate surface area is 297 Å². The topological polar surface area (TPSA) is 31.0 Å². The summed E-state index contributed by atoms with van der Waals surface area (Å²) in [5.74, 6) is 0.641. The summed E-state index contributed by atoms with van der Waals surface area (Å²) in [4.78, 5) is 4.92. The molecule has 0 spiro atoms. The third kappa shape index (κ3) is 4.40. The third-order valence-electron chi connectivity index (χ3n) is 10.2. The molecule has 0 aliphatic rings. The highest BCUT2D eigenvalue weighted by molar-refractivity contribution is 7.26. The smallest absolute Gasteiger partial charge is 0.227 e. The molecule has 0 saturated heterocycles. The van der Waals surface area contributed by atoms with Gasteiger partial charge in [0.25, 0.3) is 0 Å². The summed E-state index contributed by atoms with van der Waals surface area (Å²) in [5, 5.41) is 7.37. The average molecular weight is 669 g/mol. The van der Waals surface area contributed by atoms with Crippen molar-refractivity contribution in [3.63, 3.8) is 0 Å². The predicted molar refractivity (Wildman–Crippen MR) is 215 cm³/mol. The van der Waals surface area contributed by atoms with Gasteiger partial charge in [0.1, 0.15) is 5.52 Å². The van der Waals surface area contributed by atoms with Crippen LogP contribution in [-0.4, -0.2) is 9.55 Å². The number of hydrogen-bond acceptors (Lipinski definition) is 3. The second kappa shape index (κ2) is 11.0. The van der Waals surface area contributed by atoms with E-state index in [-0.39, 0.29) is 0 Å². The van der Waals surface area contributed by atoms with Gasteiger partial charge < -0.3 is 8.98 Å². The summed E-state index contributed by atoms with van der Waals surface area (Å²) < 4.78 is 11.4. The molecule has 11 aromatic rings. The second-order valence-electron chi connectivity index (χ2n) is 13.1. The summed E-state index contributed by atoms with van der Waals surface area (Å²) in [6, 6.07) is 60.9. The van der Waals surface area contributed by atoms with E-state index in [1.165, 1.54) is 64.1 Å². The van der Waals surface area contributed by atoms with Crippen LogP contribution in [0.4, 0.5) is 0 Å². The Morgan fingerprint density at radius 2 is 1.12 bits per heavy atom. The van der Waals surface area contributed by atoms with Crippen molar-refractivity contribution in [2.45, 2.75) is 0 Å². The van der Waals surface area contributed by atoms with E-state index in [0.29, 0.717) is 5.89 Å². The SMILES string of the molecule is c1ccc(-c2ccc(-n3c4ccc(-c5ccc(-c6nc7ccc8sc9ccccc9c8c7o6)cc5)cc4c4c5ccccc5ccc43)cc2)cc1. The summed E-state index contributed by atoms with van der Waals surface area (Å²) in [5.41, 5.74) is 11.0. The number of aromatic nitrogens is 2. The Balaban J connectivity index is 1.02. The van der Waals surface area contributed by atoms with Crippen LogP contribution < -0.4 is 0 Å². The Morgan fingerprint density at radius 1 is 0.451 bits per heavy atom. The van der Waals surface area contributed by atoms with Gasteiger partial charge >= 0.3 is 0 Å². The number of benzene rings is 8. The molecule has 4 heteroatoms. The Kier molecular flexibility index (Phi) is 6.12. The van der Waals surface area contributed by atoms with Crippen LogP contribution in [0.2, 0.25) is 0 Å². The fourth-order valence-corrected chi connectivity index (χ4v) is 8.91. The average Bonchev–Trinajstić information content (AvgIpc) is 3.90. The first-order valence-corrected chi connectivity index (χ1v) is 18.0. The highest BCUT2D eigenvalue weighted by Crippen LogP contribution is 2.41. The van der Waals surface area contributed by atoms with Gasteiger partial charge in [-0.2, -0.15) is 0 Å². The number of rotatable bonds is 4. The second-order valence-corrected chi connectivity index (χ2v) is 14.2. The van der Waals surface area contributed by atoms with Crippen LogP contribution in [-0.2, 0) is 0 Å². The molecule has 0 aliphatic carbocycles. The first-order valence-electron chi connectivity index (χ1n) is 17.2. The van der Waals surface area contributed by atoms with Crippen molar-refractivity contribution in [1.29, 1.82) is 0 Å². The molecule has 3 heterocycles. The fraction of sp³-hybridized carbons (Fsp3) is 0. The van der Waals surface area contributed by atoms with Gasteiger partial charge in [-0.3, -0.25) is 0 Å². The van der Waals surface area contributed by atoms with E-state index in [0.717, 1.165) is 33.3 Å². The molecule has 0 atom stereocenters. The first kappa shape index (κ1) is 28.4. The maximum Gasteiger partial charge on any atom is 0.227 e. The molecular formula is C47H28N2OS. The van der Waals surface area contributed by atoms with E-state index in [2.05, 4.69) is 174 Å². The lowest BCUT2D eigenvalue weighted by atomic mass is 9.99. The van der Waals surface area contributed by atoms with Crippen LogP contribution in [0.25, 0.3) is 103 Å². The molecule has 0 unspecified atom stereocenters. The molecule has 238 valence electrons. The van der Waals surface area contributed by atoms with Crippen LogP contribution in [0, 0.1) is 0 Å². The molecule has 3 aromatic heterocycles. The molecule has 0 amide bonds. The molecular weight excluding hydrogens is 641 g/mol. The van der Waals surface area contributed by atoms with Crippen molar-refractivity contribution in [3.8, 4) is 39.4 Å². The molecule has 0 radical (unpaired) electrons. The van der Waals surface area contributed by atoms with Crippen LogP contribution in [0.15, 0.2) is 174 Å². The van der Waals surface area contributed by atoms with Crippen molar-refractivity contribution in [2.24, 2.45) is 0 Å². The van der Waals surface area contributed by atoms with Gasteiger partial charge in [-0.05, 0) is 93.7 Å². The first-order chi connectivity index (χ1) is 25.3. The minimum atomic E-state index is 0.641. The van der Waals surface area contributed by atoms with Gasteiger partial charge in [-0.25, -0.2) is 4.98 Å². The zero-order valence-electron chi connectivity index (χ0n) is 27.4. The molecule has 11 rings (SSSR count). The standard InChI is InChI=1S/C47H28N2OS/c1-2-8-29(9-3-1)30-18-22-35(23-19-30)49-40-25-21-34(28-38(40)44-36-11-5-4-10-32(36)20-26-41(44)49)31-14-16-33(17-15-31)47-48-39-24-27-43-45(46(39)50-47)37-12-6-7-13-42(37)51-43/h1-28H. The minimum Gasteiger partial charge on any atom is -0.435 e. The monoisotopic (exact) mass is 668 g/mol. The lowest BCUT2D eigenvalue weighted by Crippen LogP contribution is -1.94. The van der Waals surface area contributed by atoms with Gasteiger partial charge in [0.05, 0.1) is 11.0 Å². The van der Waals surface area contributed by atoms with Gasteiger partial charge in [0.15, 0.2) is 5.58 Å². The number of thiophene rings is 1. The van der Waals surface area contributed by atoms with Crippen molar-refractivity contribution >= 4 is 75.2 Å². The fourth-order valence-electron chi connectivity index (χ4n) is 7.81. The molecule has 51 heavy (non-hydrogen) atoms. The van der Waals surface area contributed by atoms with Crippen molar-refractivity contribution < 1.29 is 4.42 Å². The summed E-state index contributed by atoms with van der Waals surface area (Å²) in [6.45, 7) is 0. The van der Waals surface area contributed by atoms with Gasteiger partial charge in [-0.15, -0.1) is 11.3 Å². The Bertz CT molecular complexity index is 3110. The number of nitrogens with zero attached hydrogens (tertiary/aromatic N) is 2. The van der Waals surface area contributed by atoms with Crippen LogP contribution in [0.5, 0.6) is 0 Å². The zero-order valence-corrected chi connectivity index (χ0v) is 28.2. The highest BCUT2D eigenvalue weighted by atomic mass is 32.1. The van der Waals surface area contributed by atoms with E-state index < -0.39 is 0 Å². The number of hydrogen-bond donors (Lipinski definition) is 0. The number of oxazole rings is 1. The molecule has 8 aromatic carbocycles. The van der Waals surface area contributed by atoms with E-state index in [9.17, 15) is 0 Å². The predicted octanol–water partition coefficient (Wildman–Crippen LogP) is 13.4. The van der Waals surface area contributed by atoms with Gasteiger partial charge in [-0.1, -0.05) is 109 Å². The molecule has 3 nitrogen and oxygen atoms in total. The molecule has 0 fully saturated rings. The van der Waals surface area contributed by atoms with Gasteiger partial charge in [0.2, 0.25) is 5.89 Å². The maximum absolute atomic E-state index is 6.50. The molecule has 0 aliphatic heterocycles. The van der Waals surface area contributed by atoms with E-state index in [4.69, 9.17) is 9.40 Å². The Morgan fingerprint density at radius 3 is 1.98 bits per heavy atom. The highest BCUT2D eigenvalue weighted by Gasteiger charge is 2.18. The zero-order chi connectivity index (χ0) is 33.5. The maximum atomic E-state index is 6.50. The summed E-state index contributed by atoms with van der Waals surface area (Å²) >= 11 is 1.79. The lowest BCUT2D eigenvalue weighted by molar-refractivity contribution is 0.623. The largest absolute Gasteiger partial charge is 0.435 e. The molecule has 0 N–H and O–H groups in total. The van der Waals surface area contributed by atoms with Crippen LogP contribution >= 0.6 is 11.3 Å². The van der Waals surface area contributed by atoms with Crippen molar-refractivity contribution in [3.05, 3.63) is 170 Å². The summed E-state index contributed by atoms with van der Waals surface area (Å²) in [6.07, 6.45) is 0. The normalized spacial score (nSPS) is 11.9. The van der Waals surface area contributed by atoms with Crippen LogP contribution in [0.1, 0.15) is 0 Å². The third-order valence-corrected chi connectivity index (χ3v) is 11.4. The van der Waals surface area contributed by atoms with Crippen molar-refractivity contribution in [2.75, 3.05) is 0 Å². The quantitative estimate of drug-likeness (QED) is 0.187. The number of fused-ring (bicyclic) bond motifs is 10. The van der Waals surface area contributed by atoms with Gasteiger partial charge in [0, 0.05) is 42.2 Å².